The van der Waals surface area contributed by atoms with Gasteiger partial charge in [-0.2, -0.15) is 0 Å². The van der Waals surface area contributed by atoms with Gasteiger partial charge in [-0.25, -0.2) is 0 Å². The third kappa shape index (κ3) is 3.06. The van der Waals surface area contributed by atoms with Crippen LogP contribution in [0.5, 0.6) is 0 Å². The lowest BCUT2D eigenvalue weighted by molar-refractivity contribution is -0.149. The first-order chi connectivity index (χ1) is 13.9. The van der Waals surface area contributed by atoms with Gasteiger partial charge in [0.2, 0.25) is 5.78 Å². The number of ether oxygens (including phenoxy) is 1. The predicted molar refractivity (Wildman–Crippen MR) is 102 cm³/mol. The Morgan fingerprint density at radius 3 is 2.55 bits per heavy atom. The standard InChI is InChI=1S/C22H21NO6/c1-3-28-22(27)13-7-6-10-23(11-13)21(26)16-12(2)29-20-17(16)18(24)14-8-4-5-9-15(14)19(20)25/h4-5,8-9,13H,3,6-7,10-11H2,1-2H3/t13-/m1/s1. The van der Waals surface area contributed by atoms with Crippen LogP contribution in [0.3, 0.4) is 0 Å². The molecule has 0 saturated carbocycles. The number of ketones is 2. The molecule has 29 heavy (non-hydrogen) atoms. The molecule has 7 nitrogen and oxygen atoms in total. The van der Waals surface area contributed by atoms with Crippen molar-refractivity contribution in [1.29, 1.82) is 0 Å². The monoisotopic (exact) mass is 395 g/mol. The number of piperidine rings is 1. The minimum absolute atomic E-state index is 0.0226. The molecular weight excluding hydrogens is 374 g/mol. The van der Waals surface area contributed by atoms with Crippen LogP contribution in [0.4, 0.5) is 0 Å². The number of rotatable bonds is 3. The molecule has 1 amide bonds. The zero-order chi connectivity index (χ0) is 20.7. The van der Waals surface area contributed by atoms with E-state index in [-0.39, 0.29) is 52.9 Å². The van der Waals surface area contributed by atoms with Crippen molar-refractivity contribution in [3.05, 3.63) is 58.0 Å². The first-order valence-corrected chi connectivity index (χ1v) is 9.71. The topological polar surface area (TPSA) is 93.9 Å². The Labute approximate surface area is 167 Å². The van der Waals surface area contributed by atoms with E-state index in [1.54, 1.807) is 43.0 Å². The lowest BCUT2D eigenvalue weighted by Gasteiger charge is -2.31. The number of hydrogen-bond donors (Lipinski definition) is 0. The summed E-state index contributed by atoms with van der Waals surface area (Å²) in [5.41, 5.74) is 0.674. The van der Waals surface area contributed by atoms with E-state index in [9.17, 15) is 19.2 Å². The maximum atomic E-state index is 13.3. The third-order valence-electron chi connectivity index (χ3n) is 5.48. The highest BCUT2D eigenvalue weighted by Crippen LogP contribution is 2.34. The summed E-state index contributed by atoms with van der Waals surface area (Å²) in [5.74, 6) is -1.78. The minimum atomic E-state index is -0.402. The van der Waals surface area contributed by atoms with Crippen molar-refractivity contribution in [2.45, 2.75) is 26.7 Å². The molecule has 1 aliphatic heterocycles. The van der Waals surface area contributed by atoms with E-state index in [0.29, 0.717) is 19.4 Å². The van der Waals surface area contributed by atoms with Crippen LogP contribution < -0.4 is 0 Å². The van der Waals surface area contributed by atoms with Gasteiger partial charge in [0.25, 0.3) is 5.91 Å². The molecule has 2 heterocycles. The lowest BCUT2D eigenvalue weighted by Crippen LogP contribution is -2.43. The summed E-state index contributed by atoms with van der Waals surface area (Å²) in [6.45, 7) is 4.28. The smallest absolute Gasteiger partial charge is 0.310 e. The van der Waals surface area contributed by atoms with Gasteiger partial charge in [0.15, 0.2) is 11.5 Å². The summed E-state index contributed by atoms with van der Waals surface area (Å²) < 4.78 is 10.7. The molecule has 1 aromatic heterocycles. The van der Waals surface area contributed by atoms with Gasteiger partial charge in [0.1, 0.15) is 5.76 Å². The fourth-order valence-electron chi connectivity index (χ4n) is 4.09. The molecule has 0 spiro atoms. The van der Waals surface area contributed by atoms with E-state index in [0.717, 1.165) is 0 Å². The first-order valence-electron chi connectivity index (χ1n) is 9.71. The van der Waals surface area contributed by atoms with Crippen LogP contribution >= 0.6 is 0 Å². The molecule has 0 radical (unpaired) electrons. The van der Waals surface area contributed by atoms with Crippen molar-refractivity contribution in [2.75, 3.05) is 19.7 Å². The number of nitrogens with zero attached hydrogens (tertiary/aromatic N) is 1. The first kappa shape index (κ1) is 19.1. The largest absolute Gasteiger partial charge is 0.466 e. The molecule has 7 heteroatoms. The number of furan rings is 1. The zero-order valence-electron chi connectivity index (χ0n) is 16.3. The van der Waals surface area contributed by atoms with Crippen LogP contribution in [-0.4, -0.2) is 48.0 Å². The Bertz CT molecular complexity index is 1030. The fourth-order valence-corrected chi connectivity index (χ4v) is 4.09. The number of esters is 1. The molecule has 2 aromatic rings. The van der Waals surface area contributed by atoms with Crippen molar-refractivity contribution in [3.63, 3.8) is 0 Å². The summed E-state index contributed by atoms with van der Waals surface area (Å²) in [6.07, 6.45) is 1.31. The molecule has 1 saturated heterocycles. The molecule has 1 atom stereocenters. The van der Waals surface area contributed by atoms with Gasteiger partial charge in [-0.05, 0) is 26.7 Å². The van der Waals surface area contributed by atoms with E-state index in [4.69, 9.17) is 9.15 Å². The Hall–Kier alpha value is -3.22. The van der Waals surface area contributed by atoms with Crippen molar-refractivity contribution >= 4 is 23.4 Å². The van der Waals surface area contributed by atoms with Crippen LogP contribution in [0, 0.1) is 12.8 Å². The lowest BCUT2D eigenvalue weighted by atomic mass is 9.86. The van der Waals surface area contributed by atoms with E-state index in [2.05, 4.69) is 0 Å². The molecule has 1 aromatic carbocycles. The average Bonchev–Trinajstić information content (AvgIpc) is 3.09. The maximum Gasteiger partial charge on any atom is 0.310 e. The van der Waals surface area contributed by atoms with Crippen molar-refractivity contribution in [3.8, 4) is 0 Å². The van der Waals surface area contributed by atoms with Gasteiger partial charge in [-0.1, -0.05) is 24.3 Å². The predicted octanol–water partition coefficient (Wildman–Crippen LogP) is 2.78. The van der Waals surface area contributed by atoms with Crippen LogP contribution in [0.1, 0.15) is 67.9 Å². The number of hydrogen-bond acceptors (Lipinski definition) is 6. The third-order valence-corrected chi connectivity index (χ3v) is 5.48. The van der Waals surface area contributed by atoms with E-state index in [1.165, 1.54) is 0 Å². The highest BCUT2D eigenvalue weighted by atomic mass is 16.5. The molecule has 1 fully saturated rings. The van der Waals surface area contributed by atoms with Crippen molar-refractivity contribution < 1.29 is 28.3 Å². The number of benzene rings is 1. The molecular formula is C22H21NO6. The Morgan fingerprint density at radius 1 is 1.17 bits per heavy atom. The minimum Gasteiger partial charge on any atom is -0.466 e. The zero-order valence-corrected chi connectivity index (χ0v) is 16.3. The highest BCUT2D eigenvalue weighted by molar-refractivity contribution is 6.30. The van der Waals surface area contributed by atoms with E-state index < -0.39 is 23.4 Å². The second kappa shape index (κ2) is 7.31. The molecule has 150 valence electrons. The van der Waals surface area contributed by atoms with Crippen LogP contribution in [0.15, 0.2) is 28.7 Å². The molecule has 0 unspecified atom stereocenters. The second-order valence-corrected chi connectivity index (χ2v) is 7.28. The van der Waals surface area contributed by atoms with Crippen LogP contribution in [0.2, 0.25) is 0 Å². The van der Waals surface area contributed by atoms with Crippen molar-refractivity contribution in [1.82, 2.24) is 4.90 Å². The summed E-state index contributed by atoms with van der Waals surface area (Å²) in [5, 5.41) is 0. The van der Waals surface area contributed by atoms with Gasteiger partial charge in [-0.3, -0.25) is 19.2 Å². The van der Waals surface area contributed by atoms with Crippen LogP contribution in [-0.2, 0) is 9.53 Å². The fraction of sp³-hybridized carbons (Fsp3) is 0.364. The normalized spacial score (nSPS) is 18.3. The Kier molecular flexibility index (Phi) is 4.82. The summed E-state index contributed by atoms with van der Waals surface area (Å²) in [7, 11) is 0. The van der Waals surface area contributed by atoms with Gasteiger partial charge in [-0.15, -0.1) is 0 Å². The number of likely N-dealkylation sites (tertiary alicyclic amines) is 1. The van der Waals surface area contributed by atoms with E-state index in [1.807, 2.05) is 0 Å². The van der Waals surface area contributed by atoms with E-state index >= 15 is 0 Å². The molecule has 4 rings (SSSR count). The number of fused-ring (bicyclic) bond motifs is 2. The summed E-state index contributed by atoms with van der Waals surface area (Å²) >= 11 is 0. The molecule has 2 aliphatic rings. The second-order valence-electron chi connectivity index (χ2n) is 7.28. The van der Waals surface area contributed by atoms with Gasteiger partial charge >= 0.3 is 5.97 Å². The van der Waals surface area contributed by atoms with Gasteiger partial charge < -0.3 is 14.1 Å². The summed E-state index contributed by atoms with van der Waals surface area (Å²) in [6, 6.07) is 6.51. The quantitative estimate of drug-likeness (QED) is 0.633. The van der Waals surface area contributed by atoms with Gasteiger partial charge in [0.05, 0.1) is 23.7 Å². The SMILES string of the molecule is CCOC(=O)[C@@H]1CCCN(C(=O)c2c(C)oc3c2C(=O)c2ccccc2C3=O)C1. The summed E-state index contributed by atoms with van der Waals surface area (Å²) in [4.78, 5) is 52.8. The average molecular weight is 395 g/mol. The molecule has 0 N–H and O–H groups in total. The number of amides is 1. The van der Waals surface area contributed by atoms with Crippen molar-refractivity contribution in [2.24, 2.45) is 5.92 Å². The molecule has 0 bridgehead atoms. The number of carbonyl (C=O) groups excluding carboxylic acids is 4. The number of carbonyl (C=O) groups is 4. The highest BCUT2D eigenvalue weighted by Gasteiger charge is 2.40. The molecule has 1 aliphatic carbocycles. The Balaban J connectivity index is 1.69. The van der Waals surface area contributed by atoms with Crippen LogP contribution in [0.25, 0.3) is 0 Å². The Morgan fingerprint density at radius 2 is 1.86 bits per heavy atom. The van der Waals surface area contributed by atoms with Gasteiger partial charge in [0, 0.05) is 24.2 Å². The number of aryl methyl sites for hydroxylation is 1. The maximum absolute atomic E-state index is 13.3.